The van der Waals surface area contributed by atoms with Gasteiger partial charge in [-0.25, -0.2) is 0 Å². The molecule has 0 heterocycles. The molecule has 1 aliphatic rings. The fourth-order valence-electron chi connectivity index (χ4n) is 3.03. The maximum Gasteiger partial charge on any atom is 0.230 e. The molecule has 0 spiro atoms. The van der Waals surface area contributed by atoms with Crippen LogP contribution in [0.15, 0.2) is 24.3 Å². The van der Waals surface area contributed by atoms with E-state index in [2.05, 4.69) is 5.32 Å². The summed E-state index contributed by atoms with van der Waals surface area (Å²) in [5, 5.41) is 3.63. The van der Waals surface area contributed by atoms with Crippen molar-refractivity contribution in [2.24, 2.45) is 5.73 Å². The average Bonchev–Trinajstić information content (AvgIpc) is 2.94. The van der Waals surface area contributed by atoms with Crippen LogP contribution in [0, 0.1) is 0 Å². The Kier molecular flexibility index (Phi) is 5.23. The highest BCUT2D eigenvalue weighted by molar-refractivity contribution is 6.30. The summed E-state index contributed by atoms with van der Waals surface area (Å²) in [5.74, 6) is -0.288. The minimum atomic E-state index is -0.447. The number of nitrogens with two attached hydrogens (primary N) is 1. The first kappa shape index (κ1) is 15.8. The van der Waals surface area contributed by atoms with Crippen LogP contribution in [0.25, 0.3) is 0 Å². The van der Waals surface area contributed by atoms with Gasteiger partial charge in [-0.2, -0.15) is 0 Å². The number of nitrogens with one attached hydrogen (secondary N) is 1. The summed E-state index contributed by atoms with van der Waals surface area (Å²) in [6, 6.07) is 7.54. The highest BCUT2D eigenvalue weighted by Gasteiger charge is 2.42. The molecule has 114 valence electrons. The monoisotopic (exact) mass is 308 g/mol. The van der Waals surface area contributed by atoms with E-state index in [1.807, 2.05) is 24.3 Å². The smallest absolute Gasteiger partial charge is 0.230 e. The zero-order valence-corrected chi connectivity index (χ0v) is 12.8. The van der Waals surface area contributed by atoms with E-state index in [0.717, 1.165) is 31.2 Å². The van der Waals surface area contributed by atoms with Crippen molar-refractivity contribution < 1.29 is 9.59 Å². The molecule has 0 bridgehead atoms. The molecule has 0 saturated heterocycles. The van der Waals surface area contributed by atoms with Crippen LogP contribution in [0.1, 0.15) is 44.1 Å². The molecule has 4 nitrogen and oxygen atoms in total. The Morgan fingerprint density at radius 3 is 2.38 bits per heavy atom. The molecule has 2 rings (SSSR count). The van der Waals surface area contributed by atoms with E-state index in [0.29, 0.717) is 24.4 Å². The van der Waals surface area contributed by atoms with Crippen LogP contribution in [-0.2, 0) is 15.0 Å². The Balaban J connectivity index is 2.05. The van der Waals surface area contributed by atoms with Gasteiger partial charge in [-0.3, -0.25) is 9.59 Å². The van der Waals surface area contributed by atoms with Crippen molar-refractivity contribution in [3.05, 3.63) is 34.9 Å². The summed E-state index contributed by atoms with van der Waals surface area (Å²) in [6.07, 6.45) is 4.70. The molecule has 1 aromatic carbocycles. The fourth-order valence-corrected chi connectivity index (χ4v) is 3.15. The first-order valence-corrected chi connectivity index (χ1v) is 7.75. The summed E-state index contributed by atoms with van der Waals surface area (Å²) in [6.45, 7) is 0.483. The van der Waals surface area contributed by atoms with E-state index in [1.54, 1.807) is 0 Å². The van der Waals surface area contributed by atoms with Crippen LogP contribution in [0.5, 0.6) is 0 Å². The van der Waals surface area contributed by atoms with Crippen molar-refractivity contribution in [1.29, 1.82) is 0 Å². The second kappa shape index (κ2) is 6.94. The molecule has 0 radical (unpaired) electrons. The third-order valence-electron chi connectivity index (χ3n) is 4.17. The van der Waals surface area contributed by atoms with Crippen molar-refractivity contribution in [3.63, 3.8) is 0 Å². The molecular weight excluding hydrogens is 288 g/mol. The lowest BCUT2D eigenvalue weighted by molar-refractivity contribution is -0.127. The highest BCUT2D eigenvalue weighted by Crippen LogP contribution is 2.41. The molecule has 21 heavy (non-hydrogen) atoms. The van der Waals surface area contributed by atoms with Gasteiger partial charge in [0.2, 0.25) is 11.8 Å². The predicted molar refractivity (Wildman–Crippen MR) is 83.0 cm³/mol. The predicted octanol–water partition coefficient (Wildman–Crippen LogP) is 2.53. The zero-order valence-electron chi connectivity index (χ0n) is 12.0. The molecule has 1 saturated carbocycles. The molecule has 0 atom stereocenters. The topological polar surface area (TPSA) is 72.2 Å². The summed E-state index contributed by atoms with van der Waals surface area (Å²) >= 11 is 5.93. The molecule has 1 aromatic rings. The minimum absolute atomic E-state index is 0.0480. The van der Waals surface area contributed by atoms with Crippen LogP contribution < -0.4 is 11.1 Å². The van der Waals surface area contributed by atoms with E-state index >= 15 is 0 Å². The second-order valence-corrected chi connectivity index (χ2v) is 6.06. The number of rotatable bonds is 6. The summed E-state index contributed by atoms with van der Waals surface area (Å²) in [5.41, 5.74) is 5.68. The largest absolute Gasteiger partial charge is 0.370 e. The van der Waals surface area contributed by atoms with Gasteiger partial charge in [0, 0.05) is 18.0 Å². The molecule has 0 unspecified atom stereocenters. The highest BCUT2D eigenvalue weighted by atomic mass is 35.5. The van der Waals surface area contributed by atoms with E-state index in [-0.39, 0.29) is 11.8 Å². The first-order valence-electron chi connectivity index (χ1n) is 7.37. The van der Waals surface area contributed by atoms with E-state index < -0.39 is 5.41 Å². The third kappa shape index (κ3) is 3.76. The van der Waals surface area contributed by atoms with E-state index in [1.165, 1.54) is 0 Å². The Bertz CT molecular complexity index is 508. The van der Waals surface area contributed by atoms with E-state index in [9.17, 15) is 9.59 Å². The van der Waals surface area contributed by atoms with Gasteiger partial charge in [0.1, 0.15) is 0 Å². The zero-order chi connectivity index (χ0) is 15.3. The van der Waals surface area contributed by atoms with Crippen molar-refractivity contribution in [2.45, 2.75) is 43.9 Å². The fraction of sp³-hybridized carbons (Fsp3) is 0.500. The summed E-state index contributed by atoms with van der Waals surface area (Å²) < 4.78 is 0. The molecular formula is C16H21ClN2O2. The number of hydrogen-bond acceptors (Lipinski definition) is 2. The molecule has 0 aromatic heterocycles. The first-order chi connectivity index (χ1) is 10.0. The third-order valence-corrected chi connectivity index (χ3v) is 4.43. The van der Waals surface area contributed by atoms with Gasteiger partial charge in [0.25, 0.3) is 0 Å². The van der Waals surface area contributed by atoms with Crippen molar-refractivity contribution in [3.8, 4) is 0 Å². The Labute approximate surface area is 130 Å². The van der Waals surface area contributed by atoms with Gasteiger partial charge >= 0.3 is 0 Å². The lowest BCUT2D eigenvalue weighted by Crippen LogP contribution is -2.43. The average molecular weight is 309 g/mol. The number of carbonyl (C=O) groups is 2. The van der Waals surface area contributed by atoms with Gasteiger partial charge < -0.3 is 11.1 Å². The van der Waals surface area contributed by atoms with Gasteiger partial charge in [0.15, 0.2) is 0 Å². The number of halogens is 1. The molecule has 3 N–H and O–H groups in total. The number of amides is 2. The molecule has 0 aliphatic heterocycles. The standard InChI is InChI=1S/C16H21ClN2O2/c17-13-7-5-12(6-8-13)16(9-1-2-10-16)15(21)19-11-3-4-14(18)20/h5-8H,1-4,9-11H2,(H2,18,20)(H,19,21). The molecule has 5 heteroatoms. The second-order valence-electron chi connectivity index (χ2n) is 5.62. The number of carbonyl (C=O) groups excluding carboxylic acids is 2. The maximum atomic E-state index is 12.6. The molecule has 2 amide bonds. The number of hydrogen-bond donors (Lipinski definition) is 2. The van der Waals surface area contributed by atoms with Gasteiger partial charge in [0.05, 0.1) is 5.41 Å². The van der Waals surface area contributed by atoms with Crippen molar-refractivity contribution in [1.82, 2.24) is 5.32 Å². The number of benzene rings is 1. The lowest BCUT2D eigenvalue weighted by Gasteiger charge is -2.28. The van der Waals surface area contributed by atoms with Crippen LogP contribution in [0.4, 0.5) is 0 Å². The van der Waals surface area contributed by atoms with E-state index in [4.69, 9.17) is 17.3 Å². The van der Waals surface area contributed by atoms with Gasteiger partial charge in [-0.05, 0) is 37.0 Å². The summed E-state index contributed by atoms with van der Waals surface area (Å²) in [7, 11) is 0. The van der Waals surface area contributed by atoms with Crippen LogP contribution in [0.2, 0.25) is 5.02 Å². The molecule has 1 aliphatic carbocycles. The minimum Gasteiger partial charge on any atom is -0.370 e. The summed E-state index contributed by atoms with van der Waals surface area (Å²) in [4.78, 5) is 23.4. The van der Waals surface area contributed by atoms with Gasteiger partial charge in [-0.1, -0.05) is 36.6 Å². The Morgan fingerprint density at radius 2 is 1.81 bits per heavy atom. The lowest BCUT2D eigenvalue weighted by atomic mass is 9.78. The van der Waals surface area contributed by atoms with Crippen LogP contribution in [-0.4, -0.2) is 18.4 Å². The van der Waals surface area contributed by atoms with Crippen molar-refractivity contribution in [2.75, 3.05) is 6.54 Å². The normalized spacial score (nSPS) is 16.6. The maximum absolute atomic E-state index is 12.6. The quantitative estimate of drug-likeness (QED) is 0.793. The van der Waals surface area contributed by atoms with Crippen LogP contribution >= 0.6 is 11.6 Å². The molecule has 1 fully saturated rings. The van der Waals surface area contributed by atoms with Crippen LogP contribution in [0.3, 0.4) is 0 Å². The Morgan fingerprint density at radius 1 is 1.19 bits per heavy atom. The number of primary amides is 1. The Hall–Kier alpha value is -1.55. The van der Waals surface area contributed by atoms with Gasteiger partial charge in [-0.15, -0.1) is 0 Å². The van der Waals surface area contributed by atoms with Crippen molar-refractivity contribution >= 4 is 23.4 Å². The SMILES string of the molecule is NC(=O)CCCNC(=O)C1(c2ccc(Cl)cc2)CCCC1.